The zero-order valence-electron chi connectivity index (χ0n) is 9.47. The van der Waals surface area contributed by atoms with E-state index in [1.54, 1.807) is 0 Å². The van der Waals surface area contributed by atoms with Crippen molar-refractivity contribution in [3.8, 4) is 0 Å². The molecular formula is C14H15NO. The minimum absolute atomic E-state index is 0.279. The minimum Gasteiger partial charge on any atom is -0.352 e. The molecule has 3 rings (SSSR count). The third-order valence-corrected chi connectivity index (χ3v) is 3.42. The number of carbonyl (C=O) groups is 1. The van der Waals surface area contributed by atoms with Crippen LogP contribution in [0.25, 0.3) is 10.9 Å². The second kappa shape index (κ2) is 3.48. The minimum atomic E-state index is 0.279. The van der Waals surface area contributed by atoms with Gasteiger partial charge < -0.3 is 4.98 Å². The Labute approximate surface area is 94.7 Å². The number of Topliss-reactive ketones (excluding diaryl/α,β-unsaturated/α-hetero) is 1. The summed E-state index contributed by atoms with van der Waals surface area (Å²) in [4.78, 5) is 15.2. The highest BCUT2D eigenvalue weighted by atomic mass is 16.1. The van der Waals surface area contributed by atoms with Gasteiger partial charge >= 0.3 is 0 Å². The molecule has 1 aromatic carbocycles. The molecule has 1 aromatic heterocycles. The lowest BCUT2D eigenvalue weighted by Crippen LogP contribution is -1.98. The molecule has 1 N–H and O–H groups in total. The zero-order valence-corrected chi connectivity index (χ0v) is 9.47. The van der Waals surface area contributed by atoms with Gasteiger partial charge in [0.25, 0.3) is 0 Å². The Morgan fingerprint density at radius 2 is 2.00 bits per heavy atom. The fourth-order valence-corrected chi connectivity index (χ4v) is 2.57. The van der Waals surface area contributed by atoms with Gasteiger partial charge in [0.15, 0.2) is 5.78 Å². The Bertz CT molecular complexity index is 565. The summed E-state index contributed by atoms with van der Waals surface area (Å²) in [5.41, 5.74) is 4.45. The maximum absolute atomic E-state index is 11.9. The highest BCUT2D eigenvalue weighted by Gasteiger charge is 2.19. The SMILES string of the molecule is Cc1ccc2[nH]c3c(c2c1)CCCCC3=O. The molecule has 0 bridgehead atoms. The number of rotatable bonds is 0. The van der Waals surface area contributed by atoms with Crippen LogP contribution >= 0.6 is 0 Å². The van der Waals surface area contributed by atoms with E-state index in [0.717, 1.165) is 30.5 Å². The predicted octanol–water partition coefficient (Wildman–Crippen LogP) is 3.39. The molecule has 0 saturated carbocycles. The molecule has 0 atom stereocenters. The monoisotopic (exact) mass is 213 g/mol. The van der Waals surface area contributed by atoms with Gasteiger partial charge in [0.05, 0.1) is 5.69 Å². The fourth-order valence-electron chi connectivity index (χ4n) is 2.57. The molecule has 82 valence electrons. The van der Waals surface area contributed by atoms with Crippen molar-refractivity contribution in [2.45, 2.75) is 32.6 Å². The highest BCUT2D eigenvalue weighted by molar-refractivity contribution is 6.02. The predicted molar refractivity (Wildman–Crippen MR) is 64.9 cm³/mol. The number of hydrogen-bond acceptors (Lipinski definition) is 1. The van der Waals surface area contributed by atoms with Crippen molar-refractivity contribution in [2.75, 3.05) is 0 Å². The fraction of sp³-hybridized carbons (Fsp3) is 0.357. The second-order valence-electron chi connectivity index (χ2n) is 4.66. The normalized spacial score (nSPS) is 16.2. The van der Waals surface area contributed by atoms with E-state index < -0.39 is 0 Å². The molecule has 0 fully saturated rings. The molecule has 0 unspecified atom stereocenters. The Kier molecular flexibility index (Phi) is 2.10. The molecule has 0 aliphatic heterocycles. The van der Waals surface area contributed by atoms with E-state index in [2.05, 4.69) is 30.1 Å². The molecule has 2 nitrogen and oxygen atoms in total. The third-order valence-electron chi connectivity index (χ3n) is 3.42. The van der Waals surface area contributed by atoms with E-state index in [1.807, 2.05) is 0 Å². The van der Waals surface area contributed by atoms with Gasteiger partial charge in [0.2, 0.25) is 0 Å². The maximum Gasteiger partial charge on any atom is 0.179 e. The summed E-state index contributed by atoms with van der Waals surface area (Å²) in [5.74, 6) is 0.279. The molecule has 0 amide bonds. The standard InChI is InChI=1S/C14H15NO/c1-9-6-7-12-11(8-9)10-4-2-3-5-13(16)14(10)15-12/h6-8,15H,2-5H2,1H3. The molecule has 1 heterocycles. The van der Waals surface area contributed by atoms with Crippen LogP contribution < -0.4 is 0 Å². The van der Waals surface area contributed by atoms with Crippen LogP contribution in [-0.2, 0) is 6.42 Å². The second-order valence-corrected chi connectivity index (χ2v) is 4.66. The van der Waals surface area contributed by atoms with Crippen molar-refractivity contribution in [3.05, 3.63) is 35.0 Å². The first-order chi connectivity index (χ1) is 7.75. The number of aryl methyl sites for hydroxylation is 2. The summed E-state index contributed by atoms with van der Waals surface area (Å²) < 4.78 is 0. The van der Waals surface area contributed by atoms with Gasteiger partial charge in [-0.1, -0.05) is 11.6 Å². The van der Waals surface area contributed by atoms with Gasteiger partial charge in [-0.2, -0.15) is 0 Å². The van der Waals surface area contributed by atoms with Gasteiger partial charge in [-0.25, -0.2) is 0 Å². The molecule has 1 aliphatic rings. The molecule has 0 saturated heterocycles. The van der Waals surface area contributed by atoms with Crippen LogP contribution in [0, 0.1) is 6.92 Å². The summed E-state index contributed by atoms with van der Waals surface area (Å²) in [7, 11) is 0. The van der Waals surface area contributed by atoms with Gasteiger partial charge in [-0.05, 0) is 43.9 Å². The summed E-state index contributed by atoms with van der Waals surface area (Å²) in [6.07, 6.45) is 3.87. The molecule has 2 aromatic rings. The lowest BCUT2D eigenvalue weighted by atomic mass is 10.0. The van der Waals surface area contributed by atoms with Crippen LogP contribution in [0.4, 0.5) is 0 Å². The smallest absolute Gasteiger partial charge is 0.179 e. The Morgan fingerprint density at radius 3 is 2.88 bits per heavy atom. The topological polar surface area (TPSA) is 32.9 Å². The quantitative estimate of drug-likeness (QED) is 0.668. The summed E-state index contributed by atoms with van der Waals surface area (Å²) in [6.45, 7) is 2.09. The number of fused-ring (bicyclic) bond motifs is 3. The Morgan fingerprint density at radius 1 is 1.19 bits per heavy atom. The van der Waals surface area contributed by atoms with E-state index in [1.165, 1.54) is 16.5 Å². The van der Waals surface area contributed by atoms with Crippen LogP contribution in [0.15, 0.2) is 18.2 Å². The summed E-state index contributed by atoms with van der Waals surface area (Å²) in [6, 6.07) is 6.35. The number of aromatic nitrogens is 1. The molecule has 0 radical (unpaired) electrons. The van der Waals surface area contributed by atoms with E-state index >= 15 is 0 Å². The third kappa shape index (κ3) is 1.37. The lowest BCUT2D eigenvalue weighted by Gasteiger charge is -1.98. The van der Waals surface area contributed by atoms with E-state index in [9.17, 15) is 4.79 Å². The molecule has 16 heavy (non-hydrogen) atoms. The van der Waals surface area contributed by atoms with Crippen LogP contribution in [0.3, 0.4) is 0 Å². The average Bonchev–Trinajstić information content (AvgIpc) is 2.52. The van der Waals surface area contributed by atoms with Crippen LogP contribution in [0.5, 0.6) is 0 Å². The van der Waals surface area contributed by atoms with Gasteiger partial charge in [-0.3, -0.25) is 4.79 Å². The Balaban J connectivity index is 2.30. The number of hydrogen-bond donors (Lipinski definition) is 1. The number of carbonyl (C=O) groups excluding carboxylic acids is 1. The zero-order chi connectivity index (χ0) is 11.1. The first-order valence-corrected chi connectivity index (χ1v) is 5.90. The van der Waals surface area contributed by atoms with Crippen LogP contribution in [-0.4, -0.2) is 10.8 Å². The average molecular weight is 213 g/mol. The molecular weight excluding hydrogens is 198 g/mol. The highest BCUT2D eigenvalue weighted by Crippen LogP contribution is 2.28. The van der Waals surface area contributed by atoms with Gasteiger partial charge in [-0.15, -0.1) is 0 Å². The molecule has 2 heteroatoms. The number of ketones is 1. The first kappa shape index (κ1) is 9.64. The van der Waals surface area contributed by atoms with Gasteiger partial charge in [0, 0.05) is 17.3 Å². The van der Waals surface area contributed by atoms with E-state index in [0.29, 0.717) is 6.42 Å². The van der Waals surface area contributed by atoms with Crippen molar-refractivity contribution in [3.63, 3.8) is 0 Å². The van der Waals surface area contributed by atoms with Crippen molar-refractivity contribution in [1.29, 1.82) is 0 Å². The van der Waals surface area contributed by atoms with E-state index in [4.69, 9.17) is 0 Å². The van der Waals surface area contributed by atoms with Gasteiger partial charge in [0.1, 0.15) is 0 Å². The number of H-pyrrole nitrogens is 1. The van der Waals surface area contributed by atoms with Crippen LogP contribution in [0.1, 0.15) is 40.9 Å². The number of benzene rings is 1. The summed E-state index contributed by atoms with van der Waals surface area (Å²) >= 11 is 0. The number of aromatic amines is 1. The molecule has 1 aliphatic carbocycles. The maximum atomic E-state index is 11.9. The molecule has 0 spiro atoms. The number of nitrogens with one attached hydrogen (secondary N) is 1. The largest absolute Gasteiger partial charge is 0.352 e. The lowest BCUT2D eigenvalue weighted by molar-refractivity contribution is 0.0978. The first-order valence-electron chi connectivity index (χ1n) is 5.90. The van der Waals surface area contributed by atoms with E-state index in [-0.39, 0.29) is 5.78 Å². The Hall–Kier alpha value is -1.57. The van der Waals surface area contributed by atoms with Crippen molar-refractivity contribution in [2.24, 2.45) is 0 Å². The van der Waals surface area contributed by atoms with Crippen LogP contribution in [0.2, 0.25) is 0 Å². The van der Waals surface area contributed by atoms with Crippen molar-refractivity contribution in [1.82, 2.24) is 4.98 Å². The van der Waals surface area contributed by atoms with Crippen molar-refractivity contribution < 1.29 is 4.79 Å². The van der Waals surface area contributed by atoms with Crippen molar-refractivity contribution >= 4 is 16.7 Å². The summed E-state index contributed by atoms with van der Waals surface area (Å²) in [5, 5.41) is 1.24.